The van der Waals surface area contributed by atoms with E-state index in [1.165, 1.54) is 12.1 Å². The summed E-state index contributed by atoms with van der Waals surface area (Å²) < 4.78 is 79.3. The van der Waals surface area contributed by atoms with Crippen LogP contribution < -0.4 is 15.2 Å². The largest absolute Gasteiger partial charge is 0.433 e. The first-order valence-electron chi connectivity index (χ1n) is 5.29. The lowest BCUT2D eigenvalue weighted by Gasteiger charge is -2.16. The van der Waals surface area contributed by atoms with Crippen molar-refractivity contribution < 1.29 is 30.7 Å². The molecule has 0 atom stereocenters. The van der Waals surface area contributed by atoms with E-state index in [0.717, 1.165) is 12.1 Å². The molecule has 0 aliphatic heterocycles. The Labute approximate surface area is 112 Å². The summed E-state index contributed by atoms with van der Waals surface area (Å²) in [5.41, 5.74) is 4.76. The second-order valence-electron chi connectivity index (χ2n) is 3.71. The van der Waals surface area contributed by atoms with Gasteiger partial charge in [-0.3, -0.25) is 0 Å². The zero-order valence-electron chi connectivity index (χ0n) is 10.0. The maximum Gasteiger partial charge on any atom is 0.387 e. The Kier molecular flexibility index (Phi) is 5.31. The Bertz CT molecular complexity index is 551. The molecule has 0 radical (unpaired) electrons. The third kappa shape index (κ3) is 4.62. The minimum Gasteiger partial charge on any atom is -0.433 e. The van der Waals surface area contributed by atoms with Gasteiger partial charge in [0.05, 0.1) is 13.1 Å². The van der Waals surface area contributed by atoms with Crippen molar-refractivity contribution in [3.8, 4) is 5.75 Å². The molecule has 5 nitrogen and oxygen atoms in total. The molecule has 0 fully saturated rings. The molecule has 0 aliphatic carbocycles. The Morgan fingerprint density at radius 2 is 1.90 bits per heavy atom. The van der Waals surface area contributed by atoms with Crippen LogP contribution in [0.3, 0.4) is 0 Å². The van der Waals surface area contributed by atoms with Crippen LogP contribution in [0.5, 0.6) is 5.75 Å². The first-order valence-corrected chi connectivity index (χ1v) is 6.78. The number of benzene rings is 1. The molecule has 10 heteroatoms. The zero-order valence-corrected chi connectivity index (χ0v) is 10.8. The SMILES string of the molecule is NCC(F)(F)CNS(=O)(=O)c1ccccc1OC(F)F. The second kappa shape index (κ2) is 6.37. The molecule has 114 valence electrons. The van der Waals surface area contributed by atoms with E-state index in [1.54, 1.807) is 4.72 Å². The third-order valence-electron chi connectivity index (χ3n) is 2.17. The number of rotatable bonds is 7. The zero-order chi connectivity index (χ0) is 15.4. The minimum atomic E-state index is -4.42. The van der Waals surface area contributed by atoms with Gasteiger partial charge in [0, 0.05) is 0 Å². The van der Waals surface area contributed by atoms with Gasteiger partial charge in [0.2, 0.25) is 10.0 Å². The summed E-state index contributed by atoms with van der Waals surface area (Å²) in [6.07, 6.45) is 0. The summed E-state index contributed by atoms with van der Waals surface area (Å²) in [6.45, 7) is -5.53. The summed E-state index contributed by atoms with van der Waals surface area (Å²) in [5.74, 6) is -4.07. The minimum absolute atomic E-state index is 0.633. The van der Waals surface area contributed by atoms with Gasteiger partial charge in [0.15, 0.2) is 0 Å². The third-order valence-corrected chi connectivity index (χ3v) is 3.61. The van der Waals surface area contributed by atoms with E-state index in [2.05, 4.69) is 4.74 Å². The van der Waals surface area contributed by atoms with Crippen LogP contribution in [0.25, 0.3) is 0 Å². The molecule has 0 aromatic heterocycles. The fraction of sp³-hybridized carbons (Fsp3) is 0.400. The van der Waals surface area contributed by atoms with Gasteiger partial charge in [-0.05, 0) is 12.1 Å². The van der Waals surface area contributed by atoms with Crippen LogP contribution in [0.2, 0.25) is 0 Å². The molecular formula is C10H12F4N2O3S. The molecule has 1 rings (SSSR count). The molecule has 1 aromatic rings. The quantitative estimate of drug-likeness (QED) is 0.740. The first-order chi connectivity index (χ1) is 9.18. The highest BCUT2D eigenvalue weighted by molar-refractivity contribution is 7.89. The van der Waals surface area contributed by atoms with Crippen molar-refractivity contribution in [2.45, 2.75) is 17.4 Å². The van der Waals surface area contributed by atoms with Gasteiger partial charge in [0.1, 0.15) is 10.6 Å². The average molecular weight is 316 g/mol. The van der Waals surface area contributed by atoms with Crippen LogP contribution in [0.15, 0.2) is 29.2 Å². The van der Waals surface area contributed by atoms with E-state index in [9.17, 15) is 26.0 Å². The highest BCUT2D eigenvalue weighted by Gasteiger charge is 2.30. The van der Waals surface area contributed by atoms with Crippen molar-refractivity contribution in [2.75, 3.05) is 13.1 Å². The smallest absolute Gasteiger partial charge is 0.387 e. The van der Waals surface area contributed by atoms with Crippen LogP contribution >= 0.6 is 0 Å². The van der Waals surface area contributed by atoms with Crippen molar-refractivity contribution in [2.24, 2.45) is 5.73 Å². The van der Waals surface area contributed by atoms with Crippen LogP contribution in [-0.2, 0) is 10.0 Å². The predicted molar refractivity (Wildman–Crippen MR) is 62.3 cm³/mol. The van der Waals surface area contributed by atoms with Crippen LogP contribution in [0.4, 0.5) is 17.6 Å². The van der Waals surface area contributed by atoms with Gasteiger partial charge >= 0.3 is 6.61 Å². The van der Waals surface area contributed by atoms with Crippen LogP contribution in [-0.4, -0.2) is 34.0 Å². The predicted octanol–water partition coefficient (Wildman–Crippen LogP) is 1.16. The average Bonchev–Trinajstić information content (AvgIpc) is 2.36. The van der Waals surface area contributed by atoms with Gasteiger partial charge in [-0.15, -0.1) is 0 Å². The van der Waals surface area contributed by atoms with Gasteiger partial charge in [-0.1, -0.05) is 12.1 Å². The number of para-hydroxylation sites is 1. The Balaban J connectivity index is 2.98. The molecule has 0 amide bonds. The van der Waals surface area contributed by atoms with Gasteiger partial charge in [-0.2, -0.15) is 8.78 Å². The lowest BCUT2D eigenvalue weighted by Crippen LogP contribution is -2.41. The number of hydrogen-bond donors (Lipinski definition) is 2. The van der Waals surface area contributed by atoms with E-state index in [4.69, 9.17) is 5.73 Å². The molecular weight excluding hydrogens is 304 g/mol. The highest BCUT2D eigenvalue weighted by atomic mass is 32.2. The lowest BCUT2D eigenvalue weighted by atomic mass is 10.3. The topological polar surface area (TPSA) is 81.4 Å². The van der Waals surface area contributed by atoms with E-state index in [0.29, 0.717) is 0 Å². The fourth-order valence-electron chi connectivity index (χ4n) is 1.22. The maximum absolute atomic E-state index is 12.9. The van der Waals surface area contributed by atoms with Crippen LogP contribution in [0, 0.1) is 0 Å². The monoisotopic (exact) mass is 316 g/mol. The Morgan fingerprint density at radius 1 is 1.30 bits per heavy atom. The van der Waals surface area contributed by atoms with Crippen molar-refractivity contribution in [3.05, 3.63) is 24.3 Å². The first kappa shape index (κ1) is 16.7. The molecule has 0 bridgehead atoms. The van der Waals surface area contributed by atoms with Crippen molar-refractivity contribution in [1.29, 1.82) is 0 Å². The molecule has 1 aromatic carbocycles. The lowest BCUT2D eigenvalue weighted by molar-refractivity contribution is -0.0517. The maximum atomic E-state index is 12.9. The van der Waals surface area contributed by atoms with Crippen molar-refractivity contribution in [3.63, 3.8) is 0 Å². The van der Waals surface area contributed by atoms with Crippen molar-refractivity contribution in [1.82, 2.24) is 4.72 Å². The molecule has 0 heterocycles. The number of alkyl halides is 4. The van der Waals surface area contributed by atoms with E-state index in [1.807, 2.05) is 0 Å². The normalized spacial score (nSPS) is 12.7. The van der Waals surface area contributed by atoms with E-state index < -0.39 is 46.3 Å². The number of sulfonamides is 1. The van der Waals surface area contributed by atoms with E-state index >= 15 is 0 Å². The molecule has 3 N–H and O–H groups in total. The summed E-state index contributed by atoms with van der Waals surface area (Å²) in [4.78, 5) is -0.659. The van der Waals surface area contributed by atoms with Crippen LogP contribution in [0.1, 0.15) is 0 Å². The summed E-state index contributed by atoms with van der Waals surface area (Å²) in [6, 6.07) is 4.46. The number of ether oxygens (including phenoxy) is 1. The molecule has 0 aliphatic rings. The Hall–Kier alpha value is -1.39. The molecule has 0 spiro atoms. The van der Waals surface area contributed by atoms with E-state index in [-0.39, 0.29) is 0 Å². The number of halogens is 4. The highest BCUT2D eigenvalue weighted by Crippen LogP contribution is 2.25. The molecule has 0 saturated carbocycles. The van der Waals surface area contributed by atoms with Gasteiger partial charge in [-0.25, -0.2) is 21.9 Å². The van der Waals surface area contributed by atoms with Gasteiger partial charge in [0.25, 0.3) is 5.92 Å². The summed E-state index contributed by atoms with van der Waals surface area (Å²) in [7, 11) is -4.42. The summed E-state index contributed by atoms with van der Waals surface area (Å²) >= 11 is 0. The van der Waals surface area contributed by atoms with Crippen molar-refractivity contribution >= 4 is 10.0 Å². The second-order valence-corrected chi connectivity index (χ2v) is 5.45. The summed E-state index contributed by atoms with van der Waals surface area (Å²) in [5, 5.41) is 0. The molecule has 20 heavy (non-hydrogen) atoms. The number of nitrogens with one attached hydrogen (secondary N) is 1. The number of nitrogens with two attached hydrogens (primary N) is 1. The molecule has 0 unspecified atom stereocenters. The van der Waals surface area contributed by atoms with Gasteiger partial charge < -0.3 is 10.5 Å². The fourth-order valence-corrected chi connectivity index (χ4v) is 2.41. The number of hydrogen-bond acceptors (Lipinski definition) is 4. The standard InChI is InChI=1S/C10H12F4N2O3S/c11-9(12)19-7-3-1-2-4-8(7)20(17,18)16-6-10(13,14)5-15/h1-4,9,16H,5-6,15H2. The molecule has 0 saturated heterocycles. The Morgan fingerprint density at radius 3 is 2.45 bits per heavy atom.